The number of morpholine rings is 1. The fourth-order valence-corrected chi connectivity index (χ4v) is 3.26. The van der Waals surface area contributed by atoms with Crippen LogP contribution in [0.3, 0.4) is 0 Å². The van der Waals surface area contributed by atoms with Crippen molar-refractivity contribution in [1.29, 1.82) is 5.26 Å². The molecule has 25 heavy (non-hydrogen) atoms. The van der Waals surface area contributed by atoms with Crippen LogP contribution in [0.1, 0.15) is 17.5 Å². The smallest absolute Gasteiger partial charge is 0.137 e. The molecule has 1 aromatic carbocycles. The van der Waals surface area contributed by atoms with E-state index in [1.165, 1.54) is 0 Å². The van der Waals surface area contributed by atoms with Gasteiger partial charge in [0.15, 0.2) is 0 Å². The minimum atomic E-state index is 0.546. The zero-order valence-electron chi connectivity index (χ0n) is 15.1. The molecule has 2 rings (SSSR count). The van der Waals surface area contributed by atoms with E-state index < -0.39 is 0 Å². The van der Waals surface area contributed by atoms with Crippen LogP contribution in [0.25, 0.3) is 0 Å². The number of hydrogen-bond acceptors (Lipinski definition) is 5. The first-order valence-electron chi connectivity index (χ1n) is 8.39. The minimum absolute atomic E-state index is 0.546. The molecule has 0 aliphatic carbocycles. The molecule has 0 bridgehead atoms. The van der Waals surface area contributed by atoms with Crippen molar-refractivity contribution in [3.05, 3.63) is 21.7 Å². The van der Waals surface area contributed by atoms with Crippen molar-refractivity contribution in [2.45, 2.75) is 13.3 Å². The van der Waals surface area contributed by atoms with Gasteiger partial charge < -0.3 is 14.4 Å². The van der Waals surface area contributed by atoms with E-state index in [9.17, 15) is 5.26 Å². The van der Waals surface area contributed by atoms with Crippen molar-refractivity contribution >= 4 is 28.0 Å². The van der Waals surface area contributed by atoms with E-state index in [0.717, 1.165) is 55.1 Å². The van der Waals surface area contributed by atoms with Gasteiger partial charge in [0, 0.05) is 39.3 Å². The van der Waals surface area contributed by atoms with Crippen LogP contribution in [0.5, 0.6) is 5.75 Å². The first-order valence-corrected chi connectivity index (χ1v) is 9.19. The Bertz CT molecular complexity index is 649. The maximum atomic E-state index is 9.49. The number of hydrogen-bond donors (Lipinski definition) is 0. The molecule has 6 nitrogen and oxygen atoms in total. The number of halogens is 1. The van der Waals surface area contributed by atoms with Gasteiger partial charge in [-0.2, -0.15) is 5.26 Å². The fourth-order valence-electron chi connectivity index (χ4n) is 2.63. The van der Waals surface area contributed by atoms with Crippen LogP contribution in [-0.2, 0) is 4.74 Å². The molecule has 1 aliphatic heterocycles. The van der Waals surface area contributed by atoms with Crippen molar-refractivity contribution < 1.29 is 9.47 Å². The number of aliphatic imine (C=N–C) groups is 1. The Morgan fingerprint density at radius 1 is 1.44 bits per heavy atom. The molecule has 0 radical (unpaired) electrons. The Balaban J connectivity index is 2.01. The minimum Gasteiger partial charge on any atom is -0.492 e. The Kier molecular flexibility index (Phi) is 7.69. The summed E-state index contributed by atoms with van der Waals surface area (Å²) in [6.07, 6.45) is 2.62. The summed E-state index contributed by atoms with van der Waals surface area (Å²) >= 11 is 3.55. The summed E-state index contributed by atoms with van der Waals surface area (Å²) in [4.78, 5) is 8.59. The maximum absolute atomic E-state index is 9.49. The molecule has 0 unspecified atom stereocenters. The van der Waals surface area contributed by atoms with Crippen LogP contribution >= 0.6 is 15.9 Å². The van der Waals surface area contributed by atoms with Gasteiger partial charge in [-0.15, -0.1) is 0 Å². The average Bonchev–Trinajstić information content (AvgIpc) is 2.60. The Morgan fingerprint density at radius 2 is 2.16 bits per heavy atom. The lowest BCUT2D eigenvalue weighted by Gasteiger charge is -2.26. The Morgan fingerprint density at radius 3 is 2.80 bits per heavy atom. The highest BCUT2D eigenvalue weighted by atomic mass is 79.9. The third-order valence-electron chi connectivity index (χ3n) is 3.96. The largest absolute Gasteiger partial charge is 0.492 e. The molecule has 0 saturated carbocycles. The molecule has 0 spiro atoms. The topological polar surface area (TPSA) is 61.1 Å². The summed E-state index contributed by atoms with van der Waals surface area (Å²) < 4.78 is 12.1. The van der Waals surface area contributed by atoms with E-state index >= 15 is 0 Å². The second-order valence-corrected chi connectivity index (χ2v) is 7.04. The second kappa shape index (κ2) is 9.76. The first kappa shape index (κ1) is 19.7. The van der Waals surface area contributed by atoms with E-state index in [0.29, 0.717) is 17.9 Å². The van der Waals surface area contributed by atoms with Crippen molar-refractivity contribution in [3.63, 3.8) is 0 Å². The molecule has 0 aromatic heterocycles. The van der Waals surface area contributed by atoms with Crippen molar-refractivity contribution in [2.24, 2.45) is 4.99 Å². The highest BCUT2D eigenvalue weighted by Gasteiger charge is 2.15. The van der Waals surface area contributed by atoms with E-state index in [-0.39, 0.29) is 0 Å². The van der Waals surface area contributed by atoms with Crippen LogP contribution < -0.4 is 4.74 Å². The number of nitrogens with zero attached hydrogens (tertiary/aromatic N) is 4. The summed E-state index contributed by atoms with van der Waals surface area (Å²) in [7, 11) is 3.78. The van der Waals surface area contributed by atoms with Gasteiger partial charge in [0.1, 0.15) is 11.8 Å². The molecule has 0 N–H and O–H groups in total. The van der Waals surface area contributed by atoms with Crippen molar-refractivity contribution in [2.75, 3.05) is 53.6 Å². The fraction of sp³-hybridized carbons (Fsp3) is 0.556. The van der Waals surface area contributed by atoms with E-state index in [1.54, 1.807) is 6.34 Å². The van der Waals surface area contributed by atoms with E-state index in [4.69, 9.17) is 9.47 Å². The van der Waals surface area contributed by atoms with Gasteiger partial charge in [-0.25, -0.2) is 4.99 Å². The van der Waals surface area contributed by atoms with Crippen LogP contribution in [0, 0.1) is 18.3 Å². The van der Waals surface area contributed by atoms with Gasteiger partial charge in [0.2, 0.25) is 0 Å². The van der Waals surface area contributed by atoms with Gasteiger partial charge >= 0.3 is 0 Å². The molecule has 1 heterocycles. The lowest BCUT2D eigenvalue weighted by Crippen LogP contribution is -2.37. The van der Waals surface area contributed by atoms with Gasteiger partial charge in [-0.1, -0.05) is 0 Å². The number of benzene rings is 1. The molecule has 136 valence electrons. The number of ether oxygens (including phenoxy) is 2. The van der Waals surface area contributed by atoms with Crippen molar-refractivity contribution in [3.8, 4) is 11.8 Å². The summed E-state index contributed by atoms with van der Waals surface area (Å²) in [6, 6.07) is 4.08. The predicted molar refractivity (Wildman–Crippen MR) is 103 cm³/mol. The standard InChI is InChI=1S/C18H25BrN4O2/c1-14-15(12-20)17(21-13-22(2)3)11-16(19)18(14)25-8-4-5-23-6-9-24-10-7-23/h11,13H,4-10H2,1-3H3. The lowest BCUT2D eigenvalue weighted by atomic mass is 10.1. The summed E-state index contributed by atoms with van der Waals surface area (Å²) in [5.74, 6) is 0.724. The zero-order valence-corrected chi connectivity index (χ0v) is 16.7. The molecule has 7 heteroatoms. The first-order chi connectivity index (χ1) is 12.0. The quantitative estimate of drug-likeness (QED) is 0.394. The maximum Gasteiger partial charge on any atom is 0.137 e. The SMILES string of the molecule is Cc1c(C#N)c(N=CN(C)C)cc(Br)c1OCCCN1CCOCC1. The average molecular weight is 409 g/mol. The molecular weight excluding hydrogens is 384 g/mol. The molecule has 0 atom stereocenters. The van der Waals surface area contributed by atoms with E-state index in [1.807, 2.05) is 32.0 Å². The van der Waals surface area contributed by atoms with Crippen LogP contribution in [0.15, 0.2) is 15.5 Å². The Labute approximate surface area is 158 Å². The number of nitriles is 1. The van der Waals surface area contributed by atoms with Gasteiger partial charge in [0.25, 0.3) is 0 Å². The highest BCUT2D eigenvalue weighted by molar-refractivity contribution is 9.10. The third kappa shape index (κ3) is 5.70. The van der Waals surface area contributed by atoms with Gasteiger partial charge in [0.05, 0.1) is 41.9 Å². The van der Waals surface area contributed by atoms with Crippen LogP contribution in [-0.4, -0.2) is 69.7 Å². The molecule has 0 amide bonds. The van der Waals surface area contributed by atoms with Gasteiger partial charge in [-0.3, -0.25) is 4.90 Å². The zero-order chi connectivity index (χ0) is 18.2. The number of rotatable bonds is 7. The molecule has 1 saturated heterocycles. The highest BCUT2D eigenvalue weighted by Crippen LogP contribution is 2.37. The van der Waals surface area contributed by atoms with Crippen LogP contribution in [0.4, 0.5) is 5.69 Å². The molecule has 1 aliphatic rings. The van der Waals surface area contributed by atoms with Crippen molar-refractivity contribution in [1.82, 2.24) is 9.80 Å². The Hall–Kier alpha value is -1.62. The van der Waals surface area contributed by atoms with Crippen LogP contribution in [0.2, 0.25) is 0 Å². The molecule has 1 fully saturated rings. The predicted octanol–water partition coefficient (Wildman–Crippen LogP) is 2.95. The summed E-state index contributed by atoms with van der Waals surface area (Å²) in [5, 5.41) is 9.49. The second-order valence-electron chi connectivity index (χ2n) is 6.18. The van der Waals surface area contributed by atoms with Gasteiger partial charge in [-0.05, 0) is 35.3 Å². The third-order valence-corrected chi connectivity index (χ3v) is 4.55. The normalized spacial score (nSPS) is 15.3. The monoisotopic (exact) mass is 408 g/mol. The van der Waals surface area contributed by atoms with E-state index in [2.05, 4.69) is 31.9 Å². The molecule has 1 aromatic rings. The molecular formula is C18H25BrN4O2. The lowest BCUT2D eigenvalue weighted by molar-refractivity contribution is 0.0357. The summed E-state index contributed by atoms with van der Waals surface area (Å²) in [6.45, 7) is 7.10. The summed E-state index contributed by atoms with van der Waals surface area (Å²) in [5.41, 5.74) is 2.00.